The molecule has 0 aliphatic carbocycles. The third-order valence-electron chi connectivity index (χ3n) is 4.90. The standard InChI is InChI=1S/C23H21ClN2O/c1-16-8-7-13-22(17(16)2)27-15-14-26-21-12-6-5-11-20(21)25-23(26)18-9-3-4-10-19(18)24/h3-13H,14-15H2,1-2H3. The van der Waals surface area contributed by atoms with E-state index in [4.69, 9.17) is 21.3 Å². The first-order chi connectivity index (χ1) is 13.1. The largest absolute Gasteiger partial charge is 0.491 e. The molecule has 0 radical (unpaired) electrons. The molecular formula is C23H21ClN2O. The van der Waals surface area contributed by atoms with Crippen molar-refractivity contribution in [3.05, 3.63) is 82.9 Å². The molecule has 0 fully saturated rings. The SMILES string of the molecule is Cc1cccc(OCCn2c(-c3ccccc3Cl)nc3ccccc32)c1C. The number of aryl methyl sites for hydroxylation is 1. The number of hydrogen-bond donors (Lipinski definition) is 0. The summed E-state index contributed by atoms with van der Waals surface area (Å²) < 4.78 is 8.26. The van der Waals surface area contributed by atoms with E-state index in [2.05, 4.69) is 30.5 Å². The quantitative estimate of drug-likeness (QED) is 0.423. The minimum absolute atomic E-state index is 0.558. The predicted molar refractivity (Wildman–Crippen MR) is 112 cm³/mol. The van der Waals surface area contributed by atoms with Gasteiger partial charge in [-0.3, -0.25) is 0 Å². The molecule has 1 heterocycles. The third-order valence-corrected chi connectivity index (χ3v) is 5.23. The highest BCUT2D eigenvalue weighted by molar-refractivity contribution is 6.33. The van der Waals surface area contributed by atoms with E-state index < -0.39 is 0 Å². The lowest BCUT2D eigenvalue weighted by atomic mass is 10.1. The average Bonchev–Trinajstić information content (AvgIpc) is 3.04. The number of benzene rings is 3. The number of aromatic nitrogens is 2. The first kappa shape index (κ1) is 17.6. The van der Waals surface area contributed by atoms with Crippen LogP contribution in [0.25, 0.3) is 22.4 Å². The van der Waals surface area contributed by atoms with Gasteiger partial charge in [-0.25, -0.2) is 4.98 Å². The van der Waals surface area contributed by atoms with Gasteiger partial charge < -0.3 is 9.30 Å². The van der Waals surface area contributed by atoms with Crippen LogP contribution in [0.2, 0.25) is 5.02 Å². The van der Waals surface area contributed by atoms with Gasteiger partial charge in [0.25, 0.3) is 0 Å². The molecule has 4 aromatic rings. The normalized spacial score (nSPS) is 11.1. The maximum absolute atomic E-state index is 6.44. The van der Waals surface area contributed by atoms with Crippen LogP contribution < -0.4 is 4.74 Å². The van der Waals surface area contributed by atoms with E-state index in [1.165, 1.54) is 11.1 Å². The molecule has 4 heteroatoms. The molecule has 0 saturated heterocycles. The van der Waals surface area contributed by atoms with Crippen LogP contribution in [-0.4, -0.2) is 16.2 Å². The minimum Gasteiger partial charge on any atom is -0.491 e. The molecule has 0 bridgehead atoms. The van der Waals surface area contributed by atoms with Gasteiger partial charge in [-0.15, -0.1) is 0 Å². The number of nitrogens with zero attached hydrogens (tertiary/aromatic N) is 2. The summed E-state index contributed by atoms with van der Waals surface area (Å²) in [7, 11) is 0. The Labute approximate surface area is 164 Å². The molecule has 0 saturated carbocycles. The lowest BCUT2D eigenvalue weighted by Crippen LogP contribution is -2.10. The topological polar surface area (TPSA) is 27.1 Å². The Balaban J connectivity index is 1.67. The molecule has 0 atom stereocenters. The van der Waals surface area contributed by atoms with E-state index in [0.717, 1.165) is 28.2 Å². The number of rotatable bonds is 5. The second-order valence-electron chi connectivity index (χ2n) is 6.60. The molecule has 0 aliphatic rings. The molecular weight excluding hydrogens is 356 g/mol. The first-order valence-corrected chi connectivity index (χ1v) is 9.42. The van der Waals surface area contributed by atoms with Crippen LogP contribution in [0, 0.1) is 13.8 Å². The Morgan fingerprint density at radius 3 is 2.56 bits per heavy atom. The molecule has 0 N–H and O–H groups in total. The van der Waals surface area contributed by atoms with Crippen molar-refractivity contribution >= 4 is 22.6 Å². The molecule has 3 nitrogen and oxygen atoms in total. The number of halogens is 1. The first-order valence-electron chi connectivity index (χ1n) is 9.04. The van der Waals surface area contributed by atoms with Crippen LogP contribution in [0.4, 0.5) is 0 Å². The van der Waals surface area contributed by atoms with Gasteiger partial charge in [0.2, 0.25) is 0 Å². The van der Waals surface area contributed by atoms with Crippen LogP contribution in [0.3, 0.4) is 0 Å². The summed E-state index contributed by atoms with van der Waals surface area (Å²) in [5.41, 5.74) is 5.38. The monoisotopic (exact) mass is 376 g/mol. The number of imidazole rings is 1. The van der Waals surface area contributed by atoms with Crippen LogP contribution >= 0.6 is 11.6 Å². The van der Waals surface area contributed by atoms with E-state index in [-0.39, 0.29) is 0 Å². The van der Waals surface area contributed by atoms with Gasteiger partial charge >= 0.3 is 0 Å². The highest BCUT2D eigenvalue weighted by Crippen LogP contribution is 2.30. The van der Waals surface area contributed by atoms with Crippen molar-refractivity contribution in [3.8, 4) is 17.1 Å². The molecule has 0 aliphatic heterocycles. The van der Waals surface area contributed by atoms with E-state index in [0.29, 0.717) is 18.2 Å². The summed E-state index contributed by atoms with van der Waals surface area (Å²) in [6, 6.07) is 22.1. The molecule has 0 amide bonds. The number of fused-ring (bicyclic) bond motifs is 1. The van der Waals surface area contributed by atoms with Gasteiger partial charge in [-0.2, -0.15) is 0 Å². The number of ether oxygens (including phenoxy) is 1. The molecule has 27 heavy (non-hydrogen) atoms. The average molecular weight is 377 g/mol. The van der Waals surface area contributed by atoms with Gasteiger partial charge in [-0.05, 0) is 55.3 Å². The van der Waals surface area contributed by atoms with Crippen molar-refractivity contribution in [2.45, 2.75) is 20.4 Å². The summed E-state index contributed by atoms with van der Waals surface area (Å²) in [4.78, 5) is 4.82. The lowest BCUT2D eigenvalue weighted by molar-refractivity contribution is 0.298. The summed E-state index contributed by atoms with van der Waals surface area (Å²) in [5, 5.41) is 0.699. The fourth-order valence-electron chi connectivity index (χ4n) is 3.28. The minimum atomic E-state index is 0.558. The van der Waals surface area contributed by atoms with Crippen molar-refractivity contribution in [3.63, 3.8) is 0 Å². The zero-order valence-corrected chi connectivity index (χ0v) is 16.2. The molecule has 136 valence electrons. The third kappa shape index (κ3) is 3.43. The Bertz CT molecular complexity index is 1100. The maximum Gasteiger partial charge on any atom is 0.142 e. The van der Waals surface area contributed by atoms with Crippen LogP contribution in [0.1, 0.15) is 11.1 Å². The number of para-hydroxylation sites is 2. The Kier molecular flexibility index (Phi) is 4.87. The van der Waals surface area contributed by atoms with Crippen molar-refractivity contribution in [2.75, 3.05) is 6.61 Å². The van der Waals surface area contributed by atoms with Crippen molar-refractivity contribution in [2.24, 2.45) is 0 Å². The van der Waals surface area contributed by atoms with E-state index >= 15 is 0 Å². The van der Waals surface area contributed by atoms with Gasteiger partial charge in [0, 0.05) is 5.56 Å². The summed E-state index contributed by atoms with van der Waals surface area (Å²) in [6.45, 7) is 5.43. The van der Waals surface area contributed by atoms with Crippen molar-refractivity contribution in [1.82, 2.24) is 9.55 Å². The fraction of sp³-hybridized carbons (Fsp3) is 0.174. The molecule has 3 aromatic carbocycles. The van der Waals surface area contributed by atoms with Gasteiger partial charge in [-0.1, -0.05) is 48.0 Å². The van der Waals surface area contributed by atoms with Gasteiger partial charge in [0.15, 0.2) is 0 Å². The predicted octanol–water partition coefficient (Wildman–Crippen LogP) is 6.05. The fourth-order valence-corrected chi connectivity index (χ4v) is 3.50. The van der Waals surface area contributed by atoms with Gasteiger partial charge in [0.1, 0.15) is 18.2 Å². The molecule has 1 aromatic heterocycles. The van der Waals surface area contributed by atoms with Crippen LogP contribution in [0.5, 0.6) is 5.75 Å². The Morgan fingerprint density at radius 2 is 1.70 bits per heavy atom. The second kappa shape index (κ2) is 7.45. The zero-order valence-electron chi connectivity index (χ0n) is 15.4. The second-order valence-corrected chi connectivity index (χ2v) is 7.01. The Morgan fingerprint density at radius 1 is 0.926 bits per heavy atom. The van der Waals surface area contributed by atoms with E-state index in [1.807, 2.05) is 54.6 Å². The summed E-state index contributed by atoms with van der Waals surface area (Å²) >= 11 is 6.44. The molecule has 0 spiro atoms. The number of hydrogen-bond acceptors (Lipinski definition) is 2. The summed E-state index contributed by atoms with van der Waals surface area (Å²) in [6.07, 6.45) is 0. The molecule has 4 rings (SSSR count). The van der Waals surface area contributed by atoms with Crippen molar-refractivity contribution in [1.29, 1.82) is 0 Å². The molecule has 0 unspecified atom stereocenters. The van der Waals surface area contributed by atoms with Gasteiger partial charge in [0.05, 0.1) is 22.6 Å². The van der Waals surface area contributed by atoms with Crippen LogP contribution in [-0.2, 0) is 6.54 Å². The van der Waals surface area contributed by atoms with Crippen LogP contribution in [0.15, 0.2) is 66.7 Å². The van der Waals surface area contributed by atoms with Crippen molar-refractivity contribution < 1.29 is 4.74 Å². The summed E-state index contributed by atoms with van der Waals surface area (Å²) in [5.74, 6) is 1.80. The smallest absolute Gasteiger partial charge is 0.142 e. The van der Waals surface area contributed by atoms with E-state index in [1.54, 1.807) is 0 Å². The highest BCUT2D eigenvalue weighted by Gasteiger charge is 2.14. The lowest BCUT2D eigenvalue weighted by Gasteiger charge is -2.13. The maximum atomic E-state index is 6.44. The highest BCUT2D eigenvalue weighted by atomic mass is 35.5. The zero-order chi connectivity index (χ0) is 18.8. The Hall–Kier alpha value is -2.78. The van der Waals surface area contributed by atoms with E-state index in [9.17, 15) is 0 Å².